The van der Waals surface area contributed by atoms with E-state index in [4.69, 9.17) is 4.42 Å². The number of anilines is 1. The summed E-state index contributed by atoms with van der Waals surface area (Å²) in [6.07, 6.45) is 0.466. The van der Waals surface area contributed by atoms with Crippen LogP contribution in [0.4, 0.5) is 6.01 Å². The lowest BCUT2D eigenvalue weighted by molar-refractivity contribution is 0.102. The highest BCUT2D eigenvalue weighted by molar-refractivity contribution is 7.91. The number of carbonyl (C=O) groups excluding carboxylic acids is 1. The number of sulfone groups is 1. The Bertz CT molecular complexity index is 1100. The monoisotopic (exact) mass is 399 g/mol. The van der Waals surface area contributed by atoms with Crippen LogP contribution in [0.2, 0.25) is 0 Å². The summed E-state index contributed by atoms with van der Waals surface area (Å²) in [4.78, 5) is 12.5. The van der Waals surface area contributed by atoms with Gasteiger partial charge in [0.1, 0.15) is 0 Å². The van der Waals surface area contributed by atoms with Crippen LogP contribution in [0.3, 0.4) is 0 Å². The van der Waals surface area contributed by atoms with Gasteiger partial charge in [-0.25, -0.2) is 8.42 Å². The molecule has 0 atom stereocenters. The molecule has 1 amide bonds. The molecule has 3 rings (SSSR count). The van der Waals surface area contributed by atoms with E-state index < -0.39 is 15.7 Å². The Morgan fingerprint density at radius 3 is 2.39 bits per heavy atom. The molecule has 3 aromatic rings. The maximum absolute atomic E-state index is 12.3. The standard InChI is InChI=1S/C20H21N3O4S/c1-4-28(25,26)17-9-7-16(8-10-17)19(24)21-20-23-22-18(27-20)12-15-6-5-13(2)14(3)11-15/h5-11H,4,12H2,1-3H3,(H,21,23,24). The van der Waals surface area contributed by atoms with Crippen LogP contribution in [0, 0.1) is 13.8 Å². The number of hydrogen-bond acceptors (Lipinski definition) is 6. The summed E-state index contributed by atoms with van der Waals surface area (Å²) in [5.41, 5.74) is 3.72. The lowest BCUT2D eigenvalue weighted by Crippen LogP contribution is -2.12. The summed E-state index contributed by atoms with van der Waals surface area (Å²) < 4.78 is 29.2. The van der Waals surface area contributed by atoms with E-state index in [0.29, 0.717) is 17.9 Å². The number of benzene rings is 2. The fourth-order valence-electron chi connectivity index (χ4n) is 2.61. The topological polar surface area (TPSA) is 102 Å². The normalized spacial score (nSPS) is 11.4. The fourth-order valence-corrected chi connectivity index (χ4v) is 3.50. The van der Waals surface area contributed by atoms with Gasteiger partial charge in [-0.1, -0.05) is 30.2 Å². The Hall–Kier alpha value is -3.00. The molecule has 1 heterocycles. The van der Waals surface area contributed by atoms with Gasteiger partial charge in [0.25, 0.3) is 5.91 Å². The van der Waals surface area contributed by atoms with E-state index in [0.717, 1.165) is 5.56 Å². The summed E-state index contributed by atoms with van der Waals surface area (Å²) >= 11 is 0. The Morgan fingerprint density at radius 1 is 1.04 bits per heavy atom. The Balaban J connectivity index is 1.67. The molecular formula is C20H21N3O4S. The second-order valence-corrected chi connectivity index (χ2v) is 8.76. The van der Waals surface area contributed by atoms with Crippen LogP contribution in [0.5, 0.6) is 0 Å². The molecule has 0 spiro atoms. The molecule has 1 N–H and O–H groups in total. The third kappa shape index (κ3) is 4.45. The highest BCUT2D eigenvalue weighted by atomic mass is 32.2. The number of amides is 1. The molecular weight excluding hydrogens is 378 g/mol. The minimum Gasteiger partial charge on any atom is -0.407 e. The molecule has 0 aliphatic heterocycles. The third-order valence-electron chi connectivity index (χ3n) is 4.47. The Morgan fingerprint density at radius 2 is 1.75 bits per heavy atom. The maximum Gasteiger partial charge on any atom is 0.322 e. The fraction of sp³-hybridized carbons (Fsp3) is 0.250. The SMILES string of the molecule is CCS(=O)(=O)c1ccc(C(=O)Nc2nnc(Cc3ccc(C)c(C)c3)o2)cc1. The smallest absolute Gasteiger partial charge is 0.322 e. The van der Waals surface area contributed by atoms with Gasteiger partial charge in [0.05, 0.1) is 17.1 Å². The van der Waals surface area contributed by atoms with E-state index in [9.17, 15) is 13.2 Å². The quantitative estimate of drug-likeness (QED) is 0.682. The first-order chi connectivity index (χ1) is 13.3. The van der Waals surface area contributed by atoms with Crippen LogP contribution in [0.15, 0.2) is 51.8 Å². The predicted octanol–water partition coefficient (Wildman–Crippen LogP) is 3.32. The van der Waals surface area contributed by atoms with Crippen molar-refractivity contribution in [3.05, 3.63) is 70.6 Å². The van der Waals surface area contributed by atoms with E-state index in [1.165, 1.54) is 35.4 Å². The minimum atomic E-state index is -3.30. The highest BCUT2D eigenvalue weighted by Gasteiger charge is 2.15. The van der Waals surface area contributed by atoms with Crippen LogP contribution in [0.1, 0.15) is 39.9 Å². The van der Waals surface area contributed by atoms with Crippen molar-refractivity contribution >= 4 is 21.8 Å². The van der Waals surface area contributed by atoms with Gasteiger partial charge in [-0.2, -0.15) is 0 Å². The summed E-state index contributed by atoms with van der Waals surface area (Å²) in [6, 6.07) is 11.8. The van der Waals surface area contributed by atoms with Gasteiger partial charge in [0.2, 0.25) is 5.89 Å². The Kier molecular flexibility index (Phi) is 5.60. The molecule has 0 saturated heterocycles. The molecule has 0 bridgehead atoms. The number of rotatable bonds is 6. The lowest BCUT2D eigenvalue weighted by Gasteiger charge is -2.04. The zero-order valence-electron chi connectivity index (χ0n) is 15.9. The van der Waals surface area contributed by atoms with E-state index >= 15 is 0 Å². The molecule has 8 heteroatoms. The van der Waals surface area contributed by atoms with Gasteiger partial charge < -0.3 is 4.42 Å². The van der Waals surface area contributed by atoms with E-state index in [1.807, 2.05) is 26.0 Å². The lowest BCUT2D eigenvalue weighted by atomic mass is 10.0. The first kappa shape index (κ1) is 19.8. The van der Waals surface area contributed by atoms with Gasteiger partial charge in [-0.05, 0) is 54.8 Å². The zero-order valence-corrected chi connectivity index (χ0v) is 16.7. The van der Waals surface area contributed by atoms with Crippen molar-refractivity contribution in [3.63, 3.8) is 0 Å². The van der Waals surface area contributed by atoms with E-state index in [1.54, 1.807) is 6.92 Å². The molecule has 146 valence electrons. The summed E-state index contributed by atoms with van der Waals surface area (Å²) in [5, 5.41) is 10.3. The minimum absolute atomic E-state index is 0.00378. The number of nitrogens with zero attached hydrogens (tertiary/aromatic N) is 2. The van der Waals surface area contributed by atoms with E-state index in [-0.39, 0.29) is 16.7 Å². The molecule has 0 aliphatic carbocycles. The number of nitrogens with one attached hydrogen (secondary N) is 1. The molecule has 2 aromatic carbocycles. The number of hydrogen-bond donors (Lipinski definition) is 1. The molecule has 0 fully saturated rings. The van der Waals surface area contributed by atoms with Crippen LogP contribution in [-0.4, -0.2) is 30.3 Å². The number of aryl methyl sites for hydroxylation is 2. The molecule has 0 radical (unpaired) electrons. The van der Waals surface area contributed by atoms with Crippen LogP contribution in [-0.2, 0) is 16.3 Å². The summed E-state index contributed by atoms with van der Waals surface area (Å²) in [6.45, 7) is 5.65. The van der Waals surface area contributed by atoms with Crippen molar-refractivity contribution < 1.29 is 17.6 Å². The second kappa shape index (κ2) is 7.93. The molecule has 0 saturated carbocycles. The molecule has 28 heavy (non-hydrogen) atoms. The van der Waals surface area contributed by atoms with Gasteiger partial charge in [-0.3, -0.25) is 10.1 Å². The molecule has 0 aliphatic rings. The van der Waals surface area contributed by atoms with Crippen molar-refractivity contribution in [2.75, 3.05) is 11.1 Å². The maximum atomic E-state index is 12.3. The van der Waals surface area contributed by atoms with Crippen molar-refractivity contribution in [3.8, 4) is 0 Å². The predicted molar refractivity (Wildman–Crippen MR) is 105 cm³/mol. The number of aromatic nitrogens is 2. The highest BCUT2D eigenvalue weighted by Crippen LogP contribution is 2.16. The summed E-state index contributed by atoms with van der Waals surface area (Å²) in [5.74, 6) is -0.0612. The van der Waals surface area contributed by atoms with Gasteiger partial charge in [0, 0.05) is 5.56 Å². The average Bonchev–Trinajstić information content (AvgIpc) is 3.11. The van der Waals surface area contributed by atoms with Crippen molar-refractivity contribution in [1.29, 1.82) is 0 Å². The van der Waals surface area contributed by atoms with Gasteiger partial charge in [0.15, 0.2) is 9.84 Å². The summed E-state index contributed by atoms with van der Waals surface area (Å²) in [7, 11) is -3.30. The van der Waals surface area contributed by atoms with Gasteiger partial charge in [-0.15, -0.1) is 5.10 Å². The van der Waals surface area contributed by atoms with Crippen molar-refractivity contribution in [2.24, 2.45) is 0 Å². The first-order valence-corrected chi connectivity index (χ1v) is 10.5. The molecule has 7 nitrogen and oxygen atoms in total. The third-order valence-corrected chi connectivity index (χ3v) is 6.22. The Labute approximate surface area is 163 Å². The number of carbonyl (C=O) groups is 1. The van der Waals surface area contributed by atoms with E-state index in [2.05, 4.69) is 21.6 Å². The largest absolute Gasteiger partial charge is 0.407 e. The van der Waals surface area contributed by atoms with Crippen LogP contribution >= 0.6 is 0 Å². The second-order valence-electron chi connectivity index (χ2n) is 6.48. The molecule has 1 aromatic heterocycles. The van der Waals surface area contributed by atoms with Crippen molar-refractivity contribution in [1.82, 2.24) is 10.2 Å². The molecule has 0 unspecified atom stereocenters. The van der Waals surface area contributed by atoms with Crippen LogP contribution in [0.25, 0.3) is 0 Å². The van der Waals surface area contributed by atoms with Crippen molar-refractivity contribution in [2.45, 2.75) is 32.1 Å². The first-order valence-electron chi connectivity index (χ1n) is 8.81. The van der Waals surface area contributed by atoms with Gasteiger partial charge >= 0.3 is 6.01 Å². The average molecular weight is 399 g/mol. The zero-order chi connectivity index (χ0) is 20.3. The van der Waals surface area contributed by atoms with Crippen LogP contribution < -0.4 is 5.32 Å².